The highest BCUT2D eigenvalue weighted by Gasteiger charge is 2.56. The zero-order valence-electron chi connectivity index (χ0n) is 55.9. The maximum absolute atomic E-state index is 14.2. The number of hydrogen-bond acceptors (Lipinski definition) is 31. The molecule has 22 N–H and O–H groups in total. The smallest absolute Gasteiger partial charge is 0.311 e. The van der Waals surface area contributed by atoms with E-state index in [-0.39, 0.29) is 63.3 Å². The Bertz CT molecular complexity index is 2260. The van der Waals surface area contributed by atoms with Crippen LogP contribution >= 0.6 is 0 Å². The first kappa shape index (κ1) is 80.5. The van der Waals surface area contributed by atoms with E-state index in [1.165, 1.54) is 14.0 Å². The summed E-state index contributed by atoms with van der Waals surface area (Å²) in [5.74, 6) is -3.43. The molecule has 1 amide bonds. The topological polar surface area (TPSA) is 512 Å². The number of aliphatic hydroxyl groups excluding tert-OH is 11. The molecule has 34 atom stereocenters. The number of methoxy groups -OCH3 is 1. The van der Waals surface area contributed by atoms with Crippen LogP contribution in [0.1, 0.15) is 108 Å². The molecule has 1 saturated carbocycles. The molecule has 6 rings (SSSR count). The van der Waals surface area contributed by atoms with Crippen molar-refractivity contribution in [2.75, 3.05) is 54.5 Å². The van der Waals surface area contributed by atoms with Crippen LogP contribution in [0, 0.1) is 17.8 Å². The lowest BCUT2D eigenvalue weighted by Crippen LogP contribution is -2.69. The van der Waals surface area contributed by atoms with Gasteiger partial charge in [-0.2, -0.15) is 0 Å². The molecule has 0 aromatic rings. The van der Waals surface area contributed by atoms with Crippen LogP contribution in [0.25, 0.3) is 0 Å². The van der Waals surface area contributed by atoms with Gasteiger partial charge in [-0.05, 0) is 114 Å². The SMILES string of the molecule is CC[C@H]1OC(=O)[C@H](C)[C@@H](O[C@H]2C[C@@](C)(OC)[C@@H](O)[C@H](C)O2)[C@H](C)[C@@H](O[C@@H]2O[C@H](C)C[C@H](N(C)C)[C@H]2O)[C@](C)(O)C[C@@H](C)CN(C)[C@H](C)[C@@H](O)[C@]1(C)O.NCC[C@H](O)C(=O)N[C@@H]1C[C@H](N)[C@@H](O[C@H]2O[C@H](CN)[C@@H](O)[C@H](O)[C@H]2O)[C@H](O)[C@H]1O[C@H]1O[C@H](CO)[C@@H](O)[C@H](N)[C@H]1O. The van der Waals surface area contributed by atoms with Gasteiger partial charge in [0.2, 0.25) is 5.91 Å². The van der Waals surface area contributed by atoms with Crippen LogP contribution in [0.2, 0.25) is 0 Å². The summed E-state index contributed by atoms with van der Waals surface area (Å²) < 4.78 is 60.0. The van der Waals surface area contributed by atoms with Crippen LogP contribution in [0.5, 0.6) is 0 Å². The highest BCUT2D eigenvalue weighted by atomic mass is 16.7. The first-order valence-electron chi connectivity index (χ1n) is 32.2. The average Bonchev–Trinajstić information content (AvgIpc) is 0.944. The number of aliphatic hydroxyl groups is 13. The Morgan fingerprint density at radius 2 is 1.35 bits per heavy atom. The highest BCUT2D eigenvalue weighted by Crippen LogP contribution is 2.41. The van der Waals surface area contributed by atoms with Crippen molar-refractivity contribution in [3.8, 4) is 0 Å². The number of ether oxygens (including phenoxy) is 10. The van der Waals surface area contributed by atoms with Crippen molar-refractivity contribution in [2.45, 2.75) is 296 Å². The Hall–Kier alpha value is -2.18. The number of carbonyl (C=O) groups excluding carboxylic acids is 2. The summed E-state index contributed by atoms with van der Waals surface area (Å²) >= 11 is 0. The molecule has 0 unspecified atom stereocenters. The fourth-order valence-corrected chi connectivity index (χ4v) is 13.8. The highest BCUT2D eigenvalue weighted by molar-refractivity contribution is 5.80. The number of esters is 1. The predicted octanol–water partition coefficient (Wildman–Crippen LogP) is -6.52. The third kappa shape index (κ3) is 18.8. The Balaban J connectivity index is 0.000000345. The van der Waals surface area contributed by atoms with Gasteiger partial charge in [-0.3, -0.25) is 9.59 Å². The largest absolute Gasteiger partial charge is 0.459 e. The number of carbonyl (C=O) groups is 2. The van der Waals surface area contributed by atoms with E-state index in [9.17, 15) is 76.0 Å². The Morgan fingerprint density at radius 1 is 0.750 bits per heavy atom. The van der Waals surface area contributed by atoms with Crippen LogP contribution in [-0.4, -0.2) is 331 Å². The number of nitrogens with one attached hydrogen (secondary N) is 1. The van der Waals surface area contributed by atoms with E-state index >= 15 is 0 Å². The molecule has 92 heavy (non-hydrogen) atoms. The molecule has 5 aliphatic heterocycles. The number of rotatable bonds is 17. The summed E-state index contributed by atoms with van der Waals surface area (Å²) in [6.07, 6.45) is -28.0. The lowest BCUT2D eigenvalue weighted by atomic mass is 9.77. The van der Waals surface area contributed by atoms with E-state index in [2.05, 4.69) is 5.32 Å². The van der Waals surface area contributed by atoms with Gasteiger partial charge in [0.25, 0.3) is 0 Å². The van der Waals surface area contributed by atoms with Crippen LogP contribution in [-0.2, 0) is 57.0 Å². The van der Waals surface area contributed by atoms with Crippen molar-refractivity contribution in [1.29, 1.82) is 0 Å². The first-order chi connectivity index (χ1) is 42.8. The number of hydrogen-bond donors (Lipinski definition) is 18. The van der Waals surface area contributed by atoms with E-state index in [1.807, 2.05) is 51.7 Å². The van der Waals surface area contributed by atoms with Gasteiger partial charge in [-0.25, -0.2) is 0 Å². The number of likely N-dealkylation sites (N-methyl/N-ethyl adjacent to an activating group) is 2. The number of nitrogens with zero attached hydrogens (tertiary/aromatic N) is 2. The van der Waals surface area contributed by atoms with Gasteiger partial charge in [-0.15, -0.1) is 0 Å². The zero-order chi connectivity index (χ0) is 69.6. The third-order valence-electron chi connectivity index (χ3n) is 19.7. The quantitative estimate of drug-likeness (QED) is 0.0602. The summed E-state index contributed by atoms with van der Waals surface area (Å²) in [6.45, 7) is 17.1. The molecule has 6 aliphatic rings. The first-order valence-corrected chi connectivity index (χ1v) is 32.2. The van der Waals surface area contributed by atoms with Gasteiger partial charge >= 0.3 is 5.97 Å². The van der Waals surface area contributed by atoms with E-state index in [0.29, 0.717) is 13.0 Å². The average molecular weight is 1330 g/mol. The predicted molar refractivity (Wildman–Crippen MR) is 326 cm³/mol. The molecule has 0 bridgehead atoms. The molecule has 0 aromatic carbocycles. The monoisotopic (exact) mass is 1330 g/mol. The number of cyclic esters (lactones) is 1. The van der Waals surface area contributed by atoms with E-state index in [4.69, 9.17) is 70.3 Å². The second-order valence-electron chi connectivity index (χ2n) is 27.5. The Morgan fingerprint density at radius 3 is 1.92 bits per heavy atom. The molecular formula is C60H115N7O25. The molecule has 1 aliphatic carbocycles. The zero-order valence-corrected chi connectivity index (χ0v) is 55.9. The van der Waals surface area contributed by atoms with Gasteiger partial charge < -0.3 is 152 Å². The van der Waals surface area contributed by atoms with Gasteiger partial charge in [0.05, 0.1) is 60.2 Å². The third-order valence-corrected chi connectivity index (χ3v) is 19.7. The maximum Gasteiger partial charge on any atom is 0.311 e. The molecule has 6 fully saturated rings. The fourth-order valence-electron chi connectivity index (χ4n) is 13.8. The van der Waals surface area contributed by atoms with Gasteiger partial charge in [-0.1, -0.05) is 20.8 Å². The second-order valence-corrected chi connectivity index (χ2v) is 27.5. The van der Waals surface area contributed by atoms with Gasteiger partial charge in [0, 0.05) is 50.7 Å². The minimum Gasteiger partial charge on any atom is -0.459 e. The molecule has 0 radical (unpaired) electrons. The van der Waals surface area contributed by atoms with E-state index < -0.39 is 206 Å². The minimum atomic E-state index is -1.80. The van der Waals surface area contributed by atoms with Crippen LogP contribution in [0.15, 0.2) is 0 Å². The van der Waals surface area contributed by atoms with Crippen molar-refractivity contribution in [1.82, 2.24) is 15.1 Å². The summed E-state index contributed by atoms with van der Waals surface area (Å²) in [6, 6.07) is -4.26. The molecule has 540 valence electrons. The van der Waals surface area contributed by atoms with E-state index in [1.54, 1.807) is 41.5 Å². The lowest BCUT2D eigenvalue weighted by Gasteiger charge is -2.49. The Labute approximate surface area is 539 Å². The molecular weight excluding hydrogens is 1220 g/mol. The summed E-state index contributed by atoms with van der Waals surface area (Å²) in [7, 11) is 7.12. The molecule has 0 spiro atoms. The molecule has 5 heterocycles. The van der Waals surface area contributed by atoms with Crippen molar-refractivity contribution < 1.29 is 123 Å². The molecule has 5 saturated heterocycles. The normalized spacial score (nSPS) is 48.5. The van der Waals surface area contributed by atoms with Crippen LogP contribution in [0.3, 0.4) is 0 Å². The van der Waals surface area contributed by atoms with Crippen molar-refractivity contribution in [3.63, 3.8) is 0 Å². The summed E-state index contributed by atoms with van der Waals surface area (Å²) in [5.41, 5.74) is 18.7. The van der Waals surface area contributed by atoms with Crippen LogP contribution < -0.4 is 28.3 Å². The number of nitrogens with two attached hydrogens (primary N) is 4. The van der Waals surface area contributed by atoms with Gasteiger partial charge in [0.1, 0.15) is 97.2 Å². The van der Waals surface area contributed by atoms with Crippen molar-refractivity contribution >= 4 is 11.9 Å². The standard InChI is InChI=1S/C38H72N2O12.C22H43N5O13/c1-15-27-38(10,46)31(42)24(6)40(13)19-20(2)17-36(8,45)33(52-35-29(41)26(39(11)12)16-21(3)48-35)22(4)30(23(5)34(44)50-27)51-28-18-37(9,47-14)32(43)25(7)49-28;23-2-1-8(29)20(36)27-7-3-6(25)18(39-22-16(34)15(33)13(31)9(4-24)37-22)17(35)19(7)40-21-14(32)11(26)12(30)10(5-28)38-21/h20-33,35,41-43,45-46H,15-19H2,1-14H3;6-19,21-22,28-35H,1-5,23-26H2,(H,27,36)/t20-,21-,22+,23-,24-,25+,26+,27-,28+,29-,30+,31-,32+,33-,35+,36-,37-,38-;6-,7+,8-,9+,10+,11-,12+,13+,14+,15-,16+,17-,18+,19-,21+,22+/m10/s1. The van der Waals surface area contributed by atoms with Gasteiger partial charge in [0.15, 0.2) is 25.2 Å². The minimum absolute atomic E-state index is 0.0101. The Kier molecular flexibility index (Phi) is 29.8. The second kappa shape index (κ2) is 34.1. The molecule has 32 nitrogen and oxygen atoms in total. The number of amides is 1. The molecule has 32 heteroatoms. The summed E-state index contributed by atoms with van der Waals surface area (Å²) in [5, 5.41) is 143. The van der Waals surface area contributed by atoms with Crippen molar-refractivity contribution in [2.24, 2.45) is 40.7 Å². The van der Waals surface area contributed by atoms with Crippen LogP contribution in [0.4, 0.5) is 0 Å². The molecule has 0 aromatic heterocycles. The summed E-state index contributed by atoms with van der Waals surface area (Å²) in [4.78, 5) is 30.6. The lowest BCUT2D eigenvalue weighted by molar-refractivity contribution is -0.332. The van der Waals surface area contributed by atoms with E-state index in [0.717, 1.165) is 0 Å². The maximum atomic E-state index is 14.2. The van der Waals surface area contributed by atoms with Crippen molar-refractivity contribution in [3.05, 3.63) is 0 Å². The fraction of sp³-hybridized carbons (Fsp3) is 0.967.